The normalized spacial score (nSPS) is 12.4. The van der Waals surface area contributed by atoms with Gasteiger partial charge in [0, 0.05) is 12.4 Å². The molecule has 0 aliphatic carbocycles. The second-order valence-corrected chi connectivity index (χ2v) is 4.58. The highest BCUT2D eigenvalue weighted by Gasteiger charge is 2.17. The smallest absolute Gasteiger partial charge is 0.127 e. The molecule has 2 rings (SSSR count). The summed E-state index contributed by atoms with van der Waals surface area (Å²) < 4.78 is 5.26. The number of H-pyrrole nitrogens is 1. The van der Waals surface area contributed by atoms with Crippen molar-refractivity contribution in [3.05, 3.63) is 47.5 Å². The molecular weight excluding hydrogens is 238 g/mol. The van der Waals surface area contributed by atoms with Crippen LogP contribution in [0.2, 0.25) is 0 Å². The van der Waals surface area contributed by atoms with Crippen LogP contribution in [-0.2, 0) is 0 Å². The molecule has 1 atom stereocenters. The summed E-state index contributed by atoms with van der Waals surface area (Å²) >= 11 is 0. The van der Waals surface area contributed by atoms with Crippen LogP contribution in [0.4, 0.5) is 0 Å². The highest BCUT2D eigenvalue weighted by atomic mass is 16.5. The lowest BCUT2D eigenvalue weighted by Gasteiger charge is -2.19. The maximum atomic E-state index is 5.26. The quantitative estimate of drug-likeness (QED) is 0.838. The highest BCUT2D eigenvalue weighted by molar-refractivity contribution is 5.38. The Bertz CT molecular complexity index is 508. The summed E-state index contributed by atoms with van der Waals surface area (Å²) in [6, 6.07) is 6.25. The first-order valence-electron chi connectivity index (χ1n) is 6.63. The van der Waals surface area contributed by atoms with E-state index in [1.165, 1.54) is 11.1 Å². The maximum absolute atomic E-state index is 5.26. The van der Waals surface area contributed by atoms with Crippen molar-refractivity contribution >= 4 is 0 Å². The third-order valence-corrected chi connectivity index (χ3v) is 3.18. The third kappa shape index (κ3) is 3.15. The van der Waals surface area contributed by atoms with Gasteiger partial charge in [-0.25, -0.2) is 4.98 Å². The van der Waals surface area contributed by atoms with Crippen LogP contribution in [0.1, 0.15) is 36.3 Å². The van der Waals surface area contributed by atoms with Crippen LogP contribution >= 0.6 is 0 Å². The Labute approximate surface area is 114 Å². The van der Waals surface area contributed by atoms with Gasteiger partial charge in [0.25, 0.3) is 0 Å². The van der Waals surface area contributed by atoms with Gasteiger partial charge >= 0.3 is 0 Å². The predicted molar refractivity (Wildman–Crippen MR) is 76.5 cm³/mol. The average Bonchev–Trinajstić information content (AvgIpc) is 2.94. The molecule has 0 saturated carbocycles. The molecule has 19 heavy (non-hydrogen) atoms. The Balaban J connectivity index is 2.32. The van der Waals surface area contributed by atoms with Crippen LogP contribution in [-0.4, -0.2) is 23.6 Å². The second kappa shape index (κ2) is 6.38. The zero-order chi connectivity index (χ0) is 13.7. The van der Waals surface area contributed by atoms with Crippen LogP contribution in [0.15, 0.2) is 30.6 Å². The number of ether oxygens (including phenoxy) is 1. The molecule has 2 N–H and O–H groups in total. The zero-order valence-corrected chi connectivity index (χ0v) is 11.7. The lowest BCUT2D eigenvalue weighted by atomic mass is 10.00. The molecule has 2 aromatic rings. The molecule has 1 heterocycles. The fourth-order valence-electron chi connectivity index (χ4n) is 2.18. The SMILES string of the molecule is CCCNC(c1ncc[nH]1)c1ccc(OC)cc1C. The monoisotopic (exact) mass is 259 g/mol. The van der Waals surface area contributed by atoms with Crippen molar-refractivity contribution in [2.24, 2.45) is 0 Å². The molecule has 0 bridgehead atoms. The van der Waals surface area contributed by atoms with E-state index in [9.17, 15) is 0 Å². The minimum Gasteiger partial charge on any atom is -0.497 e. The van der Waals surface area contributed by atoms with Crippen molar-refractivity contribution in [3.8, 4) is 5.75 Å². The minimum atomic E-state index is 0.0980. The van der Waals surface area contributed by atoms with Gasteiger partial charge in [-0.1, -0.05) is 13.0 Å². The van der Waals surface area contributed by atoms with Crippen molar-refractivity contribution in [2.45, 2.75) is 26.3 Å². The fraction of sp³-hybridized carbons (Fsp3) is 0.400. The van der Waals surface area contributed by atoms with E-state index < -0.39 is 0 Å². The number of aromatic amines is 1. The Morgan fingerprint density at radius 2 is 2.26 bits per heavy atom. The molecule has 4 heteroatoms. The van der Waals surface area contributed by atoms with E-state index in [2.05, 4.69) is 41.3 Å². The Morgan fingerprint density at radius 3 is 2.84 bits per heavy atom. The molecule has 0 aliphatic rings. The number of imidazole rings is 1. The number of benzene rings is 1. The summed E-state index contributed by atoms with van der Waals surface area (Å²) in [5, 5.41) is 3.53. The van der Waals surface area contributed by atoms with E-state index in [1.807, 2.05) is 12.3 Å². The van der Waals surface area contributed by atoms with Crippen molar-refractivity contribution in [3.63, 3.8) is 0 Å². The molecule has 102 valence electrons. The first kappa shape index (κ1) is 13.6. The molecule has 0 radical (unpaired) electrons. The van der Waals surface area contributed by atoms with Crippen LogP contribution in [0.25, 0.3) is 0 Å². The van der Waals surface area contributed by atoms with Gasteiger partial charge in [0.05, 0.1) is 13.2 Å². The molecule has 0 amide bonds. The van der Waals surface area contributed by atoms with Crippen LogP contribution in [0, 0.1) is 6.92 Å². The minimum absolute atomic E-state index is 0.0980. The van der Waals surface area contributed by atoms with Gasteiger partial charge < -0.3 is 15.0 Å². The maximum Gasteiger partial charge on any atom is 0.127 e. The molecule has 0 aliphatic heterocycles. The largest absolute Gasteiger partial charge is 0.497 e. The van der Waals surface area contributed by atoms with Gasteiger partial charge in [-0.05, 0) is 43.1 Å². The lowest BCUT2D eigenvalue weighted by Crippen LogP contribution is -2.25. The second-order valence-electron chi connectivity index (χ2n) is 4.58. The van der Waals surface area contributed by atoms with E-state index in [-0.39, 0.29) is 6.04 Å². The van der Waals surface area contributed by atoms with Crippen LogP contribution in [0.3, 0.4) is 0 Å². The fourth-order valence-corrected chi connectivity index (χ4v) is 2.18. The van der Waals surface area contributed by atoms with E-state index in [1.54, 1.807) is 13.3 Å². The summed E-state index contributed by atoms with van der Waals surface area (Å²) in [5.74, 6) is 1.83. The van der Waals surface area contributed by atoms with Gasteiger partial charge in [0.15, 0.2) is 0 Å². The molecule has 4 nitrogen and oxygen atoms in total. The topological polar surface area (TPSA) is 49.9 Å². The van der Waals surface area contributed by atoms with Crippen molar-refractivity contribution in [1.29, 1.82) is 0 Å². The van der Waals surface area contributed by atoms with Crippen molar-refractivity contribution in [2.75, 3.05) is 13.7 Å². The molecule has 1 aromatic carbocycles. The summed E-state index contributed by atoms with van der Waals surface area (Å²) in [6.07, 6.45) is 4.73. The number of hydrogen-bond acceptors (Lipinski definition) is 3. The highest BCUT2D eigenvalue weighted by Crippen LogP contribution is 2.25. The summed E-state index contributed by atoms with van der Waals surface area (Å²) in [4.78, 5) is 7.58. The van der Waals surface area contributed by atoms with Gasteiger partial charge in [-0.2, -0.15) is 0 Å². The molecular formula is C15H21N3O. The molecule has 0 spiro atoms. The van der Waals surface area contributed by atoms with Crippen LogP contribution in [0.5, 0.6) is 5.75 Å². The number of aryl methyl sites for hydroxylation is 1. The number of methoxy groups -OCH3 is 1. The Morgan fingerprint density at radius 1 is 1.42 bits per heavy atom. The van der Waals surface area contributed by atoms with E-state index in [0.29, 0.717) is 0 Å². The molecule has 1 aromatic heterocycles. The van der Waals surface area contributed by atoms with E-state index in [4.69, 9.17) is 4.74 Å². The van der Waals surface area contributed by atoms with Crippen molar-refractivity contribution in [1.82, 2.24) is 15.3 Å². The molecule has 0 fully saturated rings. The molecule has 1 unspecified atom stereocenters. The number of hydrogen-bond donors (Lipinski definition) is 2. The van der Waals surface area contributed by atoms with Crippen LogP contribution < -0.4 is 10.1 Å². The lowest BCUT2D eigenvalue weighted by molar-refractivity contribution is 0.414. The van der Waals surface area contributed by atoms with Gasteiger partial charge in [0.2, 0.25) is 0 Å². The number of nitrogens with one attached hydrogen (secondary N) is 2. The summed E-state index contributed by atoms with van der Waals surface area (Å²) in [6.45, 7) is 5.21. The summed E-state index contributed by atoms with van der Waals surface area (Å²) in [7, 11) is 1.69. The zero-order valence-electron chi connectivity index (χ0n) is 11.7. The predicted octanol–water partition coefficient (Wildman–Crippen LogP) is 2.82. The summed E-state index contributed by atoms with van der Waals surface area (Å²) in [5.41, 5.74) is 2.42. The van der Waals surface area contributed by atoms with E-state index >= 15 is 0 Å². The Hall–Kier alpha value is -1.81. The molecule has 0 saturated heterocycles. The Kier molecular flexibility index (Phi) is 4.58. The first-order chi connectivity index (χ1) is 9.26. The standard InChI is InChI=1S/C15H21N3O/c1-4-7-16-14(15-17-8-9-18-15)13-6-5-12(19-3)10-11(13)2/h5-6,8-10,14,16H,4,7H2,1-3H3,(H,17,18). The van der Waals surface area contributed by atoms with E-state index in [0.717, 1.165) is 24.5 Å². The first-order valence-corrected chi connectivity index (χ1v) is 6.63. The number of rotatable bonds is 6. The van der Waals surface area contributed by atoms with Gasteiger partial charge in [-0.15, -0.1) is 0 Å². The number of aromatic nitrogens is 2. The average molecular weight is 259 g/mol. The third-order valence-electron chi connectivity index (χ3n) is 3.18. The van der Waals surface area contributed by atoms with Gasteiger partial charge in [-0.3, -0.25) is 0 Å². The van der Waals surface area contributed by atoms with Crippen molar-refractivity contribution < 1.29 is 4.74 Å². The number of nitrogens with zero attached hydrogens (tertiary/aromatic N) is 1. The van der Waals surface area contributed by atoms with Gasteiger partial charge in [0.1, 0.15) is 11.6 Å².